The predicted octanol–water partition coefficient (Wildman–Crippen LogP) is 2.64. The standard InChI is InChI=1S/C14H17F3N2O2/c1-11(20)18-7-2-8-19(10-9-18)12-3-5-13(6-4-12)21-14(15,16)17/h3-6H,2,7-10H2,1H3. The molecule has 2 rings (SSSR count). The number of rotatable bonds is 2. The summed E-state index contributed by atoms with van der Waals surface area (Å²) in [7, 11) is 0. The first-order chi connectivity index (χ1) is 9.85. The van der Waals surface area contributed by atoms with Gasteiger partial charge < -0.3 is 14.5 Å². The third kappa shape index (κ3) is 4.54. The monoisotopic (exact) mass is 302 g/mol. The van der Waals surface area contributed by atoms with Gasteiger partial charge in [0.2, 0.25) is 5.91 Å². The van der Waals surface area contributed by atoms with Gasteiger partial charge in [0.15, 0.2) is 0 Å². The molecule has 0 unspecified atom stereocenters. The van der Waals surface area contributed by atoms with Crippen molar-refractivity contribution in [1.29, 1.82) is 0 Å². The fraction of sp³-hybridized carbons (Fsp3) is 0.500. The second-order valence-electron chi connectivity index (χ2n) is 4.89. The Balaban J connectivity index is 2.00. The molecule has 1 saturated heterocycles. The molecule has 1 aliphatic rings. The third-order valence-corrected chi connectivity index (χ3v) is 3.38. The largest absolute Gasteiger partial charge is 0.573 e. The van der Waals surface area contributed by atoms with Crippen LogP contribution in [0, 0.1) is 0 Å². The van der Waals surface area contributed by atoms with E-state index in [1.165, 1.54) is 12.1 Å². The van der Waals surface area contributed by atoms with Crippen LogP contribution in [0.15, 0.2) is 24.3 Å². The number of alkyl halides is 3. The average Bonchev–Trinajstić information content (AvgIpc) is 2.63. The Hall–Kier alpha value is -1.92. The molecule has 0 bridgehead atoms. The zero-order chi connectivity index (χ0) is 15.5. The predicted molar refractivity (Wildman–Crippen MR) is 72.2 cm³/mol. The first-order valence-corrected chi connectivity index (χ1v) is 6.71. The molecule has 1 aromatic carbocycles. The number of carbonyl (C=O) groups is 1. The number of amides is 1. The van der Waals surface area contributed by atoms with Crippen LogP contribution in [0.3, 0.4) is 0 Å². The summed E-state index contributed by atoms with van der Waals surface area (Å²) in [5, 5.41) is 0. The van der Waals surface area contributed by atoms with E-state index in [4.69, 9.17) is 0 Å². The minimum absolute atomic E-state index is 0.0470. The van der Waals surface area contributed by atoms with Gasteiger partial charge in [-0.05, 0) is 30.7 Å². The fourth-order valence-electron chi connectivity index (χ4n) is 2.35. The molecule has 0 spiro atoms. The quantitative estimate of drug-likeness (QED) is 0.842. The van der Waals surface area contributed by atoms with Crippen LogP contribution in [-0.4, -0.2) is 43.3 Å². The molecule has 21 heavy (non-hydrogen) atoms. The molecule has 1 heterocycles. The highest BCUT2D eigenvalue weighted by atomic mass is 19.4. The maximum atomic E-state index is 12.1. The highest BCUT2D eigenvalue weighted by Gasteiger charge is 2.31. The van der Waals surface area contributed by atoms with Gasteiger partial charge in [0.25, 0.3) is 0 Å². The van der Waals surface area contributed by atoms with Crippen molar-refractivity contribution >= 4 is 11.6 Å². The topological polar surface area (TPSA) is 32.8 Å². The molecule has 0 N–H and O–H groups in total. The summed E-state index contributed by atoms with van der Waals surface area (Å²) in [5.74, 6) is -0.183. The van der Waals surface area contributed by atoms with E-state index in [-0.39, 0.29) is 11.7 Å². The number of halogens is 3. The highest BCUT2D eigenvalue weighted by Crippen LogP contribution is 2.25. The Kier molecular flexibility index (Phi) is 4.59. The fourth-order valence-corrected chi connectivity index (χ4v) is 2.35. The summed E-state index contributed by atoms with van der Waals surface area (Å²) in [6.45, 7) is 4.30. The number of hydrogen-bond acceptors (Lipinski definition) is 3. The van der Waals surface area contributed by atoms with Crippen LogP contribution >= 0.6 is 0 Å². The van der Waals surface area contributed by atoms with Crippen molar-refractivity contribution in [3.05, 3.63) is 24.3 Å². The molecule has 116 valence electrons. The number of benzene rings is 1. The van der Waals surface area contributed by atoms with Gasteiger partial charge >= 0.3 is 6.36 Å². The van der Waals surface area contributed by atoms with Gasteiger partial charge in [-0.15, -0.1) is 13.2 Å². The lowest BCUT2D eigenvalue weighted by molar-refractivity contribution is -0.274. The van der Waals surface area contributed by atoms with E-state index in [1.807, 2.05) is 0 Å². The summed E-state index contributed by atoms with van der Waals surface area (Å²) in [6, 6.07) is 5.81. The van der Waals surface area contributed by atoms with Crippen molar-refractivity contribution in [3.8, 4) is 5.75 Å². The zero-order valence-electron chi connectivity index (χ0n) is 11.7. The summed E-state index contributed by atoms with van der Waals surface area (Å²) in [6.07, 6.45) is -3.84. The molecule has 0 aromatic heterocycles. The van der Waals surface area contributed by atoms with Crippen molar-refractivity contribution in [2.75, 3.05) is 31.1 Å². The van der Waals surface area contributed by atoms with Crippen LogP contribution in [0.2, 0.25) is 0 Å². The lowest BCUT2D eigenvalue weighted by atomic mass is 10.2. The molecule has 1 aromatic rings. The molecule has 1 amide bonds. The van der Waals surface area contributed by atoms with E-state index < -0.39 is 6.36 Å². The molecular weight excluding hydrogens is 285 g/mol. The second-order valence-corrected chi connectivity index (χ2v) is 4.89. The molecule has 0 saturated carbocycles. The van der Waals surface area contributed by atoms with Crippen molar-refractivity contribution in [2.45, 2.75) is 19.7 Å². The van der Waals surface area contributed by atoms with Gasteiger partial charge in [-0.25, -0.2) is 0 Å². The number of ether oxygens (including phenoxy) is 1. The summed E-state index contributed by atoms with van der Waals surface area (Å²) in [5.41, 5.74) is 0.829. The first kappa shape index (κ1) is 15.5. The van der Waals surface area contributed by atoms with Crippen molar-refractivity contribution < 1.29 is 22.7 Å². The smallest absolute Gasteiger partial charge is 0.406 e. The van der Waals surface area contributed by atoms with E-state index in [2.05, 4.69) is 9.64 Å². The number of nitrogens with zero attached hydrogens (tertiary/aromatic N) is 2. The summed E-state index contributed by atoms with van der Waals surface area (Å²) in [4.78, 5) is 15.2. The molecule has 1 aliphatic heterocycles. The number of carbonyl (C=O) groups excluding carboxylic acids is 1. The Morgan fingerprint density at radius 2 is 1.76 bits per heavy atom. The van der Waals surface area contributed by atoms with Crippen LogP contribution in [0.5, 0.6) is 5.75 Å². The molecule has 0 atom stereocenters. The van der Waals surface area contributed by atoms with Crippen LogP contribution in [0.1, 0.15) is 13.3 Å². The van der Waals surface area contributed by atoms with Crippen LogP contribution < -0.4 is 9.64 Å². The lowest BCUT2D eigenvalue weighted by Crippen LogP contribution is -2.33. The normalized spacial score (nSPS) is 16.6. The number of hydrogen-bond donors (Lipinski definition) is 0. The van der Waals surface area contributed by atoms with E-state index in [0.29, 0.717) is 19.6 Å². The Morgan fingerprint density at radius 3 is 2.33 bits per heavy atom. The summed E-state index contributed by atoms with van der Waals surface area (Å²) >= 11 is 0. The maximum Gasteiger partial charge on any atom is 0.573 e. The Morgan fingerprint density at radius 1 is 1.10 bits per heavy atom. The molecule has 4 nitrogen and oxygen atoms in total. The SMILES string of the molecule is CC(=O)N1CCCN(c2ccc(OC(F)(F)F)cc2)CC1. The maximum absolute atomic E-state index is 12.1. The van der Waals surface area contributed by atoms with Crippen molar-refractivity contribution in [1.82, 2.24) is 4.90 Å². The number of anilines is 1. The van der Waals surface area contributed by atoms with Gasteiger partial charge in [-0.3, -0.25) is 4.79 Å². The second kappa shape index (κ2) is 6.24. The zero-order valence-corrected chi connectivity index (χ0v) is 11.7. The van der Waals surface area contributed by atoms with Gasteiger partial charge in [0.1, 0.15) is 5.75 Å². The van der Waals surface area contributed by atoms with E-state index in [1.54, 1.807) is 24.0 Å². The Bertz CT molecular complexity index is 488. The molecule has 0 radical (unpaired) electrons. The van der Waals surface area contributed by atoms with Crippen LogP contribution in [-0.2, 0) is 4.79 Å². The highest BCUT2D eigenvalue weighted by molar-refractivity contribution is 5.73. The minimum atomic E-state index is -4.67. The van der Waals surface area contributed by atoms with Gasteiger partial charge in [0.05, 0.1) is 0 Å². The first-order valence-electron chi connectivity index (χ1n) is 6.71. The van der Waals surface area contributed by atoms with Gasteiger partial charge in [0, 0.05) is 38.8 Å². The minimum Gasteiger partial charge on any atom is -0.406 e. The molecule has 1 fully saturated rings. The van der Waals surface area contributed by atoms with E-state index >= 15 is 0 Å². The van der Waals surface area contributed by atoms with Crippen molar-refractivity contribution in [3.63, 3.8) is 0 Å². The molecule has 7 heteroatoms. The van der Waals surface area contributed by atoms with E-state index in [9.17, 15) is 18.0 Å². The van der Waals surface area contributed by atoms with Gasteiger partial charge in [-0.2, -0.15) is 0 Å². The van der Waals surface area contributed by atoms with Crippen LogP contribution in [0.25, 0.3) is 0 Å². The third-order valence-electron chi connectivity index (χ3n) is 3.38. The molecular formula is C14H17F3N2O2. The van der Waals surface area contributed by atoms with Crippen molar-refractivity contribution in [2.24, 2.45) is 0 Å². The van der Waals surface area contributed by atoms with Crippen LogP contribution in [0.4, 0.5) is 18.9 Å². The molecule has 0 aliphatic carbocycles. The summed E-state index contributed by atoms with van der Waals surface area (Å²) < 4.78 is 40.1. The Labute approximate surface area is 121 Å². The van der Waals surface area contributed by atoms with Gasteiger partial charge in [-0.1, -0.05) is 0 Å². The average molecular weight is 302 g/mol. The van der Waals surface area contributed by atoms with E-state index in [0.717, 1.165) is 18.7 Å². The lowest BCUT2D eigenvalue weighted by Gasteiger charge is -2.23.